The highest BCUT2D eigenvalue weighted by Crippen LogP contribution is 2.19. The standard InChI is InChI=1S/C21H24OS/c1-3-5-8-17-9-6-7-10-18(17)13-16-21(22)19-11-14-20(15-12-19)23-4-2/h6-7,9-16H,3-5,8H2,1-2H3. The minimum absolute atomic E-state index is 0.0587. The van der Waals surface area contributed by atoms with Crippen LogP contribution in [0, 0.1) is 0 Å². The number of benzene rings is 2. The average molecular weight is 324 g/mol. The van der Waals surface area contributed by atoms with Gasteiger partial charge in [0.15, 0.2) is 5.78 Å². The Morgan fingerprint density at radius 2 is 1.78 bits per heavy atom. The number of carbonyl (C=O) groups excluding carboxylic acids is 1. The maximum atomic E-state index is 12.3. The Morgan fingerprint density at radius 3 is 2.48 bits per heavy atom. The van der Waals surface area contributed by atoms with E-state index in [1.807, 2.05) is 36.4 Å². The summed E-state index contributed by atoms with van der Waals surface area (Å²) in [5.74, 6) is 1.10. The molecule has 0 radical (unpaired) electrons. The van der Waals surface area contributed by atoms with Crippen LogP contribution in [-0.2, 0) is 6.42 Å². The first-order chi connectivity index (χ1) is 11.2. The van der Waals surface area contributed by atoms with Gasteiger partial charge in [-0.05, 0) is 60.1 Å². The molecule has 2 rings (SSSR count). The highest BCUT2D eigenvalue weighted by atomic mass is 32.2. The van der Waals surface area contributed by atoms with Crippen molar-refractivity contribution in [1.82, 2.24) is 0 Å². The summed E-state index contributed by atoms with van der Waals surface area (Å²) in [6, 6.07) is 16.2. The van der Waals surface area contributed by atoms with Crippen LogP contribution in [0.5, 0.6) is 0 Å². The molecule has 2 heteroatoms. The molecule has 1 nitrogen and oxygen atoms in total. The maximum Gasteiger partial charge on any atom is 0.185 e. The van der Waals surface area contributed by atoms with E-state index in [-0.39, 0.29) is 5.78 Å². The van der Waals surface area contributed by atoms with Gasteiger partial charge in [0.05, 0.1) is 0 Å². The molecule has 0 bridgehead atoms. The minimum Gasteiger partial charge on any atom is -0.289 e. The topological polar surface area (TPSA) is 17.1 Å². The fraction of sp³-hybridized carbons (Fsp3) is 0.286. The largest absolute Gasteiger partial charge is 0.289 e. The van der Waals surface area contributed by atoms with E-state index < -0.39 is 0 Å². The molecule has 0 amide bonds. The number of hydrogen-bond donors (Lipinski definition) is 0. The summed E-state index contributed by atoms with van der Waals surface area (Å²) in [6.45, 7) is 4.32. The predicted octanol–water partition coefficient (Wildman–Crippen LogP) is 6.04. The Hall–Kier alpha value is -1.80. The third-order valence-electron chi connectivity index (χ3n) is 3.72. The van der Waals surface area contributed by atoms with Gasteiger partial charge in [-0.1, -0.05) is 50.6 Å². The van der Waals surface area contributed by atoms with Crippen LogP contribution in [0.15, 0.2) is 59.5 Å². The molecule has 23 heavy (non-hydrogen) atoms. The molecule has 120 valence electrons. The summed E-state index contributed by atoms with van der Waals surface area (Å²) in [6.07, 6.45) is 7.05. The lowest BCUT2D eigenvalue weighted by Gasteiger charge is -2.05. The lowest BCUT2D eigenvalue weighted by molar-refractivity contribution is 0.104. The van der Waals surface area contributed by atoms with E-state index in [1.54, 1.807) is 17.8 Å². The first-order valence-corrected chi connectivity index (χ1v) is 9.26. The number of rotatable bonds is 8. The van der Waals surface area contributed by atoms with E-state index >= 15 is 0 Å². The van der Waals surface area contributed by atoms with Crippen LogP contribution in [0.3, 0.4) is 0 Å². The molecular weight excluding hydrogens is 300 g/mol. The predicted molar refractivity (Wildman–Crippen MR) is 101 cm³/mol. The molecule has 0 atom stereocenters. The van der Waals surface area contributed by atoms with Crippen molar-refractivity contribution in [1.29, 1.82) is 0 Å². The van der Waals surface area contributed by atoms with Gasteiger partial charge in [0, 0.05) is 10.5 Å². The van der Waals surface area contributed by atoms with Crippen molar-refractivity contribution in [2.75, 3.05) is 5.75 Å². The molecule has 0 fully saturated rings. The molecule has 0 spiro atoms. The van der Waals surface area contributed by atoms with E-state index in [0.717, 1.165) is 23.3 Å². The Labute approximate surface area is 143 Å². The number of aryl methyl sites for hydroxylation is 1. The number of allylic oxidation sites excluding steroid dienone is 1. The van der Waals surface area contributed by atoms with Crippen LogP contribution >= 0.6 is 11.8 Å². The van der Waals surface area contributed by atoms with Crippen molar-refractivity contribution in [3.05, 3.63) is 71.3 Å². The number of carbonyl (C=O) groups is 1. The van der Waals surface area contributed by atoms with Gasteiger partial charge in [-0.15, -0.1) is 11.8 Å². The van der Waals surface area contributed by atoms with Crippen molar-refractivity contribution in [2.45, 2.75) is 38.0 Å². The second-order valence-electron chi connectivity index (χ2n) is 5.46. The molecule has 0 aliphatic rings. The smallest absolute Gasteiger partial charge is 0.185 e. The zero-order valence-electron chi connectivity index (χ0n) is 13.9. The summed E-state index contributed by atoms with van der Waals surface area (Å²) in [7, 11) is 0. The zero-order valence-corrected chi connectivity index (χ0v) is 14.7. The van der Waals surface area contributed by atoms with Crippen molar-refractivity contribution < 1.29 is 4.79 Å². The number of hydrogen-bond acceptors (Lipinski definition) is 2. The molecule has 0 aliphatic carbocycles. The number of ketones is 1. The minimum atomic E-state index is 0.0587. The highest BCUT2D eigenvalue weighted by Gasteiger charge is 2.03. The molecule has 0 unspecified atom stereocenters. The van der Waals surface area contributed by atoms with Gasteiger partial charge in [0.2, 0.25) is 0 Å². The van der Waals surface area contributed by atoms with Crippen LogP contribution in [0.4, 0.5) is 0 Å². The summed E-state index contributed by atoms with van der Waals surface area (Å²) >= 11 is 1.79. The van der Waals surface area contributed by atoms with Gasteiger partial charge in [0.1, 0.15) is 0 Å². The molecule has 0 N–H and O–H groups in total. The zero-order chi connectivity index (χ0) is 16.5. The number of thioether (sulfide) groups is 1. The Morgan fingerprint density at radius 1 is 1.04 bits per heavy atom. The van der Waals surface area contributed by atoms with Gasteiger partial charge in [-0.2, -0.15) is 0 Å². The fourth-order valence-electron chi connectivity index (χ4n) is 2.44. The van der Waals surface area contributed by atoms with Gasteiger partial charge in [-0.3, -0.25) is 4.79 Å². The monoisotopic (exact) mass is 324 g/mol. The fourth-order valence-corrected chi connectivity index (χ4v) is 3.10. The molecule has 0 aliphatic heterocycles. The first-order valence-electron chi connectivity index (χ1n) is 8.27. The third kappa shape index (κ3) is 5.40. The maximum absolute atomic E-state index is 12.3. The van der Waals surface area contributed by atoms with E-state index in [1.165, 1.54) is 23.3 Å². The van der Waals surface area contributed by atoms with Crippen LogP contribution in [-0.4, -0.2) is 11.5 Å². The average Bonchev–Trinajstić information content (AvgIpc) is 2.59. The van der Waals surface area contributed by atoms with Crippen LogP contribution in [0.2, 0.25) is 0 Å². The van der Waals surface area contributed by atoms with Crippen LogP contribution in [0.25, 0.3) is 6.08 Å². The summed E-state index contributed by atoms with van der Waals surface area (Å²) in [5, 5.41) is 0. The second kappa shape index (κ2) is 9.36. The van der Waals surface area contributed by atoms with Crippen LogP contribution < -0.4 is 0 Å². The van der Waals surface area contributed by atoms with Crippen LogP contribution in [0.1, 0.15) is 48.2 Å². The Bertz CT molecular complexity index is 656. The summed E-state index contributed by atoms with van der Waals surface area (Å²) in [5.41, 5.74) is 3.20. The van der Waals surface area contributed by atoms with Crippen molar-refractivity contribution >= 4 is 23.6 Å². The third-order valence-corrected chi connectivity index (χ3v) is 4.61. The molecule has 0 aromatic heterocycles. The summed E-state index contributed by atoms with van der Waals surface area (Å²) in [4.78, 5) is 13.5. The molecule has 2 aromatic rings. The highest BCUT2D eigenvalue weighted by molar-refractivity contribution is 7.99. The molecule has 2 aromatic carbocycles. The normalized spacial score (nSPS) is 11.0. The molecule has 0 saturated heterocycles. The Kier molecular flexibility index (Phi) is 7.15. The number of unbranched alkanes of at least 4 members (excludes halogenated alkanes) is 1. The molecule has 0 heterocycles. The van der Waals surface area contributed by atoms with Crippen molar-refractivity contribution in [3.8, 4) is 0 Å². The van der Waals surface area contributed by atoms with Crippen molar-refractivity contribution in [3.63, 3.8) is 0 Å². The van der Waals surface area contributed by atoms with E-state index in [4.69, 9.17) is 0 Å². The SMILES string of the molecule is CCCCc1ccccc1C=CC(=O)c1ccc(SCC)cc1. The van der Waals surface area contributed by atoms with Gasteiger partial charge in [0.25, 0.3) is 0 Å². The molecular formula is C21H24OS. The molecule has 0 saturated carbocycles. The van der Waals surface area contributed by atoms with E-state index in [0.29, 0.717) is 0 Å². The first kappa shape index (κ1) is 17.6. The van der Waals surface area contributed by atoms with Crippen molar-refractivity contribution in [2.24, 2.45) is 0 Å². The quantitative estimate of drug-likeness (QED) is 0.334. The van der Waals surface area contributed by atoms with Gasteiger partial charge < -0.3 is 0 Å². The van der Waals surface area contributed by atoms with E-state index in [2.05, 4.69) is 32.0 Å². The van der Waals surface area contributed by atoms with Gasteiger partial charge >= 0.3 is 0 Å². The lowest BCUT2D eigenvalue weighted by Crippen LogP contribution is -1.94. The summed E-state index contributed by atoms with van der Waals surface area (Å²) < 4.78 is 0. The Balaban J connectivity index is 2.08. The lowest BCUT2D eigenvalue weighted by atomic mass is 10.0. The van der Waals surface area contributed by atoms with E-state index in [9.17, 15) is 4.79 Å². The second-order valence-corrected chi connectivity index (χ2v) is 6.79. The van der Waals surface area contributed by atoms with Gasteiger partial charge in [-0.25, -0.2) is 0 Å².